The van der Waals surface area contributed by atoms with E-state index in [9.17, 15) is 13.2 Å². The van der Waals surface area contributed by atoms with Crippen molar-refractivity contribution in [2.45, 2.75) is 35.7 Å². The summed E-state index contributed by atoms with van der Waals surface area (Å²) in [6.07, 6.45) is 0.927. The second kappa shape index (κ2) is 12.8. The van der Waals surface area contributed by atoms with E-state index in [1.807, 2.05) is 24.3 Å². The van der Waals surface area contributed by atoms with E-state index in [0.717, 1.165) is 62.1 Å². The van der Waals surface area contributed by atoms with Crippen LogP contribution in [0.3, 0.4) is 0 Å². The number of sulfonamides is 1. The van der Waals surface area contributed by atoms with Gasteiger partial charge in [-0.1, -0.05) is 30.0 Å². The molecule has 3 aromatic rings. The van der Waals surface area contributed by atoms with E-state index in [-0.39, 0.29) is 10.9 Å². The second-order valence-electron chi connectivity index (χ2n) is 9.51. The molecule has 0 atom stereocenters. The average molecular weight is 575 g/mol. The minimum absolute atomic E-state index is 0.242. The van der Waals surface area contributed by atoms with Gasteiger partial charge in [-0.25, -0.2) is 13.4 Å². The van der Waals surface area contributed by atoms with E-state index in [0.29, 0.717) is 43.3 Å². The highest BCUT2D eigenvalue weighted by atomic mass is 32.2. The number of fused-ring (bicyclic) bond motifs is 1. The number of rotatable bonds is 10. The van der Waals surface area contributed by atoms with Crippen LogP contribution in [0.1, 0.15) is 18.9 Å². The first-order chi connectivity index (χ1) is 18.9. The van der Waals surface area contributed by atoms with Crippen LogP contribution in [0.2, 0.25) is 0 Å². The van der Waals surface area contributed by atoms with Gasteiger partial charge >= 0.3 is 5.97 Å². The van der Waals surface area contributed by atoms with Crippen molar-refractivity contribution in [1.29, 1.82) is 0 Å². The molecule has 0 aliphatic carbocycles. The maximum Gasteiger partial charge on any atom is 0.308 e. The lowest BCUT2D eigenvalue weighted by molar-refractivity contribution is -0.131. The second-order valence-corrected chi connectivity index (χ2v) is 12.4. The summed E-state index contributed by atoms with van der Waals surface area (Å²) in [7, 11) is -3.63. The molecule has 0 saturated carbocycles. The zero-order valence-electron chi connectivity index (χ0n) is 22.1. The number of nitrogens with zero attached hydrogens (tertiary/aromatic N) is 4. The average Bonchev–Trinajstić information content (AvgIpc) is 3.30. The molecule has 0 bridgehead atoms. The Morgan fingerprint density at radius 3 is 2.46 bits per heavy atom. The van der Waals surface area contributed by atoms with E-state index in [4.69, 9.17) is 19.2 Å². The normalized spacial score (nSPS) is 17.5. The molecule has 3 heterocycles. The largest absolute Gasteiger partial charge is 0.426 e. The Hall–Kier alpha value is -2.48. The number of carbonyl (C=O) groups is 1. The summed E-state index contributed by atoms with van der Waals surface area (Å²) in [6.45, 7) is 7.96. The maximum absolute atomic E-state index is 13.3. The minimum atomic E-state index is -3.63. The standard InChI is InChI=1S/C27H34N4O6S2/c1-21(32)37-26-6-3-2-5-22(26)20-38-27-28-24-19-23(39(33,34)30-13-17-36-18-14-30)7-8-25(24)31(27)10-4-9-29-11-15-35-16-12-29/h2-3,5-8,19H,4,9-18,20H2,1H3. The third kappa shape index (κ3) is 6.82. The number of thioether (sulfide) groups is 1. The highest BCUT2D eigenvalue weighted by Crippen LogP contribution is 2.32. The van der Waals surface area contributed by atoms with Crippen molar-refractivity contribution in [3.05, 3.63) is 48.0 Å². The fourth-order valence-corrected chi connectivity index (χ4v) is 7.27. The molecule has 0 amide bonds. The number of aromatic nitrogens is 2. The molecule has 210 valence electrons. The smallest absolute Gasteiger partial charge is 0.308 e. The first kappa shape index (κ1) is 28.1. The number of ether oxygens (including phenoxy) is 3. The molecule has 1 aromatic heterocycles. The molecule has 2 aliphatic rings. The van der Waals surface area contributed by atoms with Crippen LogP contribution in [0.25, 0.3) is 11.0 Å². The lowest BCUT2D eigenvalue weighted by Gasteiger charge is -2.26. The molecule has 0 unspecified atom stereocenters. The Bertz CT molecular complexity index is 1400. The molecule has 2 aliphatic heterocycles. The van der Waals surface area contributed by atoms with Crippen LogP contribution in [0, 0.1) is 0 Å². The molecule has 0 spiro atoms. The van der Waals surface area contributed by atoms with Crippen LogP contribution in [-0.4, -0.2) is 92.3 Å². The summed E-state index contributed by atoms with van der Waals surface area (Å²) in [5, 5.41) is 0.797. The fraction of sp³-hybridized carbons (Fsp3) is 0.481. The van der Waals surface area contributed by atoms with E-state index in [1.165, 1.54) is 11.2 Å². The molecule has 39 heavy (non-hydrogen) atoms. The zero-order chi connectivity index (χ0) is 27.2. The number of morpholine rings is 2. The predicted molar refractivity (Wildman–Crippen MR) is 148 cm³/mol. The summed E-state index contributed by atoms with van der Waals surface area (Å²) in [6, 6.07) is 12.7. The summed E-state index contributed by atoms with van der Waals surface area (Å²) in [4.78, 5) is 19.1. The highest BCUT2D eigenvalue weighted by molar-refractivity contribution is 7.98. The highest BCUT2D eigenvalue weighted by Gasteiger charge is 2.27. The van der Waals surface area contributed by atoms with Crippen LogP contribution in [-0.2, 0) is 36.6 Å². The van der Waals surface area contributed by atoms with Crippen molar-refractivity contribution in [2.24, 2.45) is 0 Å². The van der Waals surface area contributed by atoms with Crippen molar-refractivity contribution < 1.29 is 27.4 Å². The number of imidazole rings is 1. The number of aryl methyl sites for hydroxylation is 1. The maximum atomic E-state index is 13.3. The summed E-state index contributed by atoms with van der Waals surface area (Å²) >= 11 is 1.55. The summed E-state index contributed by atoms with van der Waals surface area (Å²) < 4.78 is 46.4. The van der Waals surface area contributed by atoms with Crippen LogP contribution in [0.15, 0.2) is 52.5 Å². The van der Waals surface area contributed by atoms with Crippen LogP contribution >= 0.6 is 11.8 Å². The van der Waals surface area contributed by atoms with Crippen molar-refractivity contribution in [2.75, 3.05) is 59.2 Å². The molecular weight excluding hydrogens is 540 g/mol. The SMILES string of the molecule is CC(=O)Oc1ccccc1CSc1nc2cc(S(=O)(=O)N3CCOCC3)ccc2n1CCCN1CCOCC1. The monoisotopic (exact) mass is 574 g/mol. The predicted octanol–water partition coefficient (Wildman–Crippen LogP) is 3.00. The van der Waals surface area contributed by atoms with Gasteiger partial charge in [-0.05, 0) is 30.7 Å². The van der Waals surface area contributed by atoms with E-state index in [2.05, 4.69) is 9.47 Å². The van der Waals surface area contributed by atoms with Gasteiger partial charge in [0.1, 0.15) is 5.75 Å². The number of benzene rings is 2. The van der Waals surface area contributed by atoms with Crippen LogP contribution in [0.5, 0.6) is 5.75 Å². The summed E-state index contributed by atoms with van der Waals surface area (Å²) in [5.74, 6) is 0.720. The molecule has 2 fully saturated rings. The molecular formula is C27H34N4O6S2. The topological polar surface area (TPSA) is 103 Å². The number of esters is 1. The van der Waals surface area contributed by atoms with Gasteiger partial charge in [0, 0.05) is 57.5 Å². The first-order valence-corrected chi connectivity index (χ1v) is 15.6. The van der Waals surface area contributed by atoms with Gasteiger partial charge in [0.15, 0.2) is 5.16 Å². The van der Waals surface area contributed by atoms with Crippen LogP contribution in [0.4, 0.5) is 0 Å². The van der Waals surface area contributed by atoms with Crippen molar-refractivity contribution in [3.8, 4) is 5.75 Å². The molecule has 5 rings (SSSR count). The lowest BCUT2D eigenvalue weighted by Crippen LogP contribution is -2.40. The quantitative estimate of drug-likeness (QED) is 0.205. The Labute approximate surface area is 233 Å². The Morgan fingerprint density at radius 2 is 1.72 bits per heavy atom. The number of para-hydroxylation sites is 1. The Morgan fingerprint density at radius 1 is 1.00 bits per heavy atom. The molecule has 2 saturated heterocycles. The third-order valence-corrected chi connectivity index (χ3v) is 9.76. The molecule has 0 radical (unpaired) electrons. The molecule has 0 N–H and O–H groups in total. The van der Waals surface area contributed by atoms with E-state index >= 15 is 0 Å². The van der Waals surface area contributed by atoms with E-state index < -0.39 is 10.0 Å². The van der Waals surface area contributed by atoms with Crippen molar-refractivity contribution in [1.82, 2.24) is 18.8 Å². The number of hydrogen-bond acceptors (Lipinski definition) is 9. The van der Waals surface area contributed by atoms with E-state index in [1.54, 1.807) is 30.0 Å². The zero-order valence-corrected chi connectivity index (χ0v) is 23.7. The minimum Gasteiger partial charge on any atom is -0.426 e. The van der Waals surface area contributed by atoms with Crippen molar-refractivity contribution >= 4 is 38.8 Å². The van der Waals surface area contributed by atoms with Gasteiger partial charge < -0.3 is 18.8 Å². The number of carbonyl (C=O) groups excluding carboxylic acids is 1. The molecule has 10 nitrogen and oxygen atoms in total. The summed E-state index contributed by atoms with van der Waals surface area (Å²) in [5.41, 5.74) is 2.43. The first-order valence-electron chi connectivity index (χ1n) is 13.2. The third-order valence-electron chi connectivity index (χ3n) is 6.84. The van der Waals surface area contributed by atoms with Crippen LogP contribution < -0.4 is 4.74 Å². The van der Waals surface area contributed by atoms with Gasteiger partial charge in [0.2, 0.25) is 10.0 Å². The lowest BCUT2D eigenvalue weighted by atomic mass is 10.2. The fourth-order valence-electron chi connectivity index (χ4n) is 4.81. The van der Waals surface area contributed by atoms with Gasteiger partial charge in [0.25, 0.3) is 0 Å². The molecule has 2 aromatic carbocycles. The number of hydrogen-bond donors (Lipinski definition) is 0. The Kier molecular flexibility index (Phi) is 9.21. The van der Waals surface area contributed by atoms with Gasteiger partial charge in [0.05, 0.1) is 42.4 Å². The van der Waals surface area contributed by atoms with Gasteiger partial charge in [-0.15, -0.1) is 0 Å². The van der Waals surface area contributed by atoms with Crippen molar-refractivity contribution in [3.63, 3.8) is 0 Å². The van der Waals surface area contributed by atoms with Gasteiger partial charge in [-0.2, -0.15) is 4.31 Å². The van der Waals surface area contributed by atoms with Gasteiger partial charge in [-0.3, -0.25) is 9.69 Å². The molecule has 12 heteroatoms. The Balaban J connectivity index is 1.41.